The summed E-state index contributed by atoms with van der Waals surface area (Å²) < 4.78 is 17.1. The predicted octanol–water partition coefficient (Wildman–Crippen LogP) is 4.12. The lowest BCUT2D eigenvalue weighted by Crippen LogP contribution is -2.16. The van der Waals surface area contributed by atoms with Crippen molar-refractivity contribution in [3.05, 3.63) is 23.8 Å². The van der Waals surface area contributed by atoms with Gasteiger partial charge >= 0.3 is 0 Å². The normalized spacial score (nSPS) is 15.3. The number of hydrogen-bond acceptors (Lipinski definition) is 3. The molecule has 2 rings (SSSR count). The first-order chi connectivity index (χ1) is 9.35. The Morgan fingerprint density at radius 2 is 1.89 bits per heavy atom. The van der Waals surface area contributed by atoms with Crippen molar-refractivity contribution in [2.45, 2.75) is 45.6 Å². The van der Waals surface area contributed by atoms with Crippen LogP contribution in [0.3, 0.4) is 0 Å². The Hall–Kier alpha value is -1.22. The van der Waals surface area contributed by atoms with E-state index in [0.717, 1.165) is 30.9 Å². The van der Waals surface area contributed by atoms with Crippen LogP contribution in [0, 0.1) is 0 Å². The molecule has 0 amide bonds. The van der Waals surface area contributed by atoms with Gasteiger partial charge in [0.25, 0.3) is 0 Å². The average Bonchev–Trinajstić information content (AvgIpc) is 2.47. The van der Waals surface area contributed by atoms with Crippen LogP contribution in [0.15, 0.2) is 18.2 Å². The first-order valence-corrected chi connectivity index (χ1v) is 7.36. The molecule has 1 unspecified atom stereocenters. The molecule has 3 heteroatoms. The van der Waals surface area contributed by atoms with Gasteiger partial charge in [-0.05, 0) is 30.5 Å². The third-order valence-corrected chi connectivity index (χ3v) is 3.38. The molecule has 0 aliphatic carbocycles. The maximum atomic E-state index is 5.97. The molecule has 0 saturated carbocycles. The highest BCUT2D eigenvalue weighted by atomic mass is 16.6. The predicted molar refractivity (Wildman–Crippen MR) is 75.9 cm³/mol. The van der Waals surface area contributed by atoms with Gasteiger partial charge in [0.1, 0.15) is 13.2 Å². The molecule has 1 aliphatic heterocycles. The van der Waals surface area contributed by atoms with E-state index in [-0.39, 0.29) is 6.10 Å². The van der Waals surface area contributed by atoms with Crippen LogP contribution < -0.4 is 9.47 Å². The second-order valence-corrected chi connectivity index (χ2v) is 4.88. The summed E-state index contributed by atoms with van der Waals surface area (Å²) in [4.78, 5) is 0. The lowest BCUT2D eigenvalue weighted by atomic mass is 10.1. The van der Waals surface area contributed by atoms with Crippen molar-refractivity contribution in [1.82, 2.24) is 0 Å². The van der Waals surface area contributed by atoms with E-state index in [9.17, 15) is 0 Å². The summed E-state index contributed by atoms with van der Waals surface area (Å²) in [6, 6.07) is 6.13. The van der Waals surface area contributed by atoms with Crippen LogP contribution in [0.25, 0.3) is 0 Å². The minimum Gasteiger partial charge on any atom is -0.486 e. The van der Waals surface area contributed by atoms with Gasteiger partial charge in [0.15, 0.2) is 11.5 Å². The molecule has 0 saturated heterocycles. The lowest BCUT2D eigenvalue weighted by molar-refractivity contribution is 0.0470. The van der Waals surface area contributed by atoms with Gasteiger partial charge in [-0.3, -0.25) is 0 Å². The van der Waals surface area contributed by atoms with E-state index in [1.54, 1.807) is 0 Å². The summed E-state index contributed by atoms with van der Waals surface area (Å²) in [5.74, 6) is 1.69. The second kappa shape index (κ2) is 7.39. The van der Waals surface area contributed by atoms with Gasteiger partial charge in [-0.2, -0.15) is 0 Å². The molecule has 19 heavy (non-hydrogen) atoms. The van der Waals surface area contributed by atoms with Crippen molar-refractivity contribution in [3.8, 4) is 11.5 Å². The van der Waals surface area contributed by atoms with Gasteiger partial charge in [-0.15, -0.1) is 0 Å². The number of benzene rings is 1. The Balaban J connectivity index is 1.97. The Morgan fingerprint density at radius 3 is 2.63 bits per heavy atom. The lowest BCUT2D eigenvalue weighted by Gasteiger charge is -2.22. The van der Waals surface area contributed by atoms with Crippen LogP contribution in [0.4, 0.5) is 0 Å². The minimum atomic E-state index is 0.160. The third kappa shape index (κ3) is 3.87. The molecular formula is C16H24O3. The first-order valence-electron chi connectivity index (χ1n) is 7.36. The zero-order valence-electron chi connectivity index (χ0n) is 12.0. The van der Waals surface area contributed by atoms with Gasteiger partial charge in [-0.25, -0.2) is 0 Å². The fourth-order valence-corrected chi connectivity index (χ4v) is 2.29. The highest BCUT2D eigenvalue weighted by molar-refractivity contribution is 5.44. The van der Waals surface area contributed by atoms with E-state index < -0.39 is 0 Å². The monoisotopic (exact) mass is 264 g/mol. The van der Waals surface area contributed by atoms with Crippen molar-refractivity contribution in [3.63, 3.8) is 0 Å². The standard InChI is InChI=1S/C16H24O3/c1-3-5-6-9-17-14(4-2)13-7-8-15-16(12-13)19-11-10-18-15/h7-8,12,14H,3-6,9-11H2,1-2H3. The summed E-state index contributed by atoms with van der Waals surface area (Å²) >= 11 is 0. The van der Waals surface area contributed by atoms with Crippen LogP contribution in [-0.2, 0) is 4.74 Å². The van der Waals surface area contributed by atoms with Crippen molar-refractivity contribution in [2.75, 3.05) is 19.8 Å². The Kier molecular flexibility index (Phi) is 5.52. The highest BCUT2D eigenvalue weighted by Crippen LogP contribution is 2.34. The maximum absolute atomic E-state index is 5.97. The molecule has 0 N–H and O–H groups in total. The average molecular weight is 264 g/mol. The summed E-state index contributed by atoms with van der Waals surface area (Å²) in [5.41, 5.74) is 1.18. The molecule has 1 aliphatic rings. The number of fused-ring (bicyclic) bond motifs is 1. The van der Waals surface area contributed by atoms with Crippen LogP contribution in [0.2, 0.25) is 0 Å². The zero-order chi connectivity index (χ0) is 13.5. The number of ether oxygens (including phenoxy) is 3. The molecule has 0 radical (unpaired) electrons. The summed E-state index contributed by atoms with van der Waals surface area (Å²) in [5, 5.41) is 0. The van der Waals surface area contributed by atoms with E-state index in [1.165, 1.54) is 18.4 Å². The maximum Gasteiger partial charge on any atom is 0.161 e. The van der Waals surface area contributed by atoms with Gasteiger partial charge in [-0.1, -0.05) is 32.8 Å². The summed E-state index contributed by atoms with van der Waals surface area (Å²) in [6.45, 7) is 6.46. The van der Waals surface area contributed by atoms with Crippen LogP contribution >= 0.6 is 0 Å². The summed E-state index contributed by atoms with van der Waals surface area (Å²) in [7, 11) is 0. The molecule has 0 bridgehead atoms. The van der Waals surface area contributed by atoms with Crippen molar-refractivity contribution >= 4 is 0 Å². The molecule has 0 fully saturated rings. The smallest absolute Gasteiger partial charge is 0.161 e. The Labute approximate surface area is 115 Å². The van der Waals surface area contributed by atoms with Gasteiger partial charge in [0.2, 0.25) is 0 Å². The van der Waals surface area contributed by atoms with Gasteiger partial charge < -0.3 is 14.2 Å². The molecular weight excluding hydrogens is 240 g/mol. The van der Waals surface area contributed by atoms with Crippen LogP contribution in [-0.4, -0.2) is 19.8 Å². The van der Waals surface area contributed by atoms with E-state index in [1.807, 2.05) is 6.07 Å². The minimum absolute atomic E-state index is 0.160. The Morgan fingerprint density at radius 1 is 1.11 bits per heavy atom. The van der Waals surface area contributed by atoms with Crippen molar-refractivity contribution in [1.29, 1.82) is 0 Å². The second-order valence-electron chi connectivity index (χ2n) is 4.88. The topological polar surface area (TPSA) is 27.7 Å². The molecule has 1 heterocycles. The molecule has 1 aromatic carbocycles. The summed E-state index contributed by atoms with van der Waals surface area (Å²) in [6.07, 6.45) is 4.73. The molecule has 1 atom stereocenters. The number of rotatable bonds is 7. The fraction of sp³-hybridized carbons (Fsp3) is 0.625. The molecule has 0 aromatic heterocycles. The van der Waals surface area contributed by atoms with Crippen LogP contribution in [0.1, 0.15) is 51.2 Å². The molecule has 106 valence electrons. The van der Waals surface area contributed by atoms with E-state index >= 15 is 0 Å². The number of hydrogen-bond donors (Lipinski definition) is 0. The SMILES string of the molecule is CCCCCOC(CC)c1ccc2c(c1)OCCO2. The van der Waals surface area contributed by atoms with E-state index in [2.05, 4.69) is 26.0 Å². The highest BCUT2D eigenvalue weighted by Gasteiger charge is 2.16. The fourth-order valence-electron chi connectivity index (χ4n) is 2.29. The number of unbranched alkanes of at least 4 members (excludes halogenated alkanes) is 2. The quantitative estimate of drug-likeness (QED) is 0.693. The van der Waals surface area contributed by atoms with Crippen molar-refractivity contribution in [2.24, 2.45) is 0 Å². The van der Waals surface area contributed by atoms with Crippen molar-refractivity contribution < 1.29 is 14.2 Å². The zero-order valence-corrected chi connectivity index (χ0v) is 12.0. The van der Waals surface area contributed by atoms with Gasteiger partial charge in [0.05, 0.1) is 6.10 Å². The molecule has 1 aromatic rings. The largest absolute Gasteiger partial charge is 0.486 e. The molecule has 3 nitrogen and oxygen atoms in total. The van der Waals surface area contributed by atoms with E-state index in [0.29, 0.717) is 13.2 Å². The Bertz CT molecular complexity index is 390. The third-order valence-electron chi connectivity index (χ3n) is 3.38. The van der Waals surface area contributed by atoms with Crippen LogP contribution in [0.5, 0.6) is 11.5 Å². The van der Waals surface area contributed by atoms with Gasteiger partial charge in [0, 0.05) is 6.61 Å². The van der Waals surface area contributed by atoms with E-state index in [4.69, 9.17) is 14.2 Å². The molecule has 0 spiro atoms. The first kappa shape index (κ1) is 14.2.